The van der Waals surface area contributed by atoms with E-state index in [2.05, 4.69) is 44.9 Å². The van der Waals surface area contributed by atoms with Gasteiger partial charge in [0, 0.05) is 6.54 Å². The van der Waals surface area contributed by atoms with E-state index in [9.17, 15) is 0 Å². The van der Waals surface area contributed by atoms with Crippen LogP contribution in [0, 0.1) is 5.41 Å². The van der Waals surface area contributed by atoms with Gasteiger partial charge in [-0.05, 0) is 49.7 Å². The summed E-state index contributed by atoms with van der Waals surface area (Å²) < 4.78 is 0. The molecule has 14 heavy (non-hydrogen) atoms. The Morgan fingerprint density at radius 3 is 2.21 bits per heavy atom. The molecule has 0 saturated heterocycles. The first-order valence-electron chi connectivity index (χ1n) is 5.97. The van der Waals surface area contributed by atoms with Gasteiger partial charge in [0.15, 0.2) is 0 Å². The van der Waals surface area contributed by atoms with Gasteiger partial charge in [0.05, 0.1) is 0 Å². The van der Waals surface area contributed by atoms with Crippen LogP contribution in [-0.4, -0.2) is 25.1 Å². The summed E-state index contributed by atoms with van der Waals surface area (Å²) in [7, 11) is 2.07. The van der Waals surface area contributed by atoms with E-state index in [1.54, 1.807) is 0 Å². The van der Waals surface area contributed by atoms with E-state index in [1.165, 1.54) is 43.7 Å². The highest BCUT2D eigenvalue weighted by Crippen LogP contribution is 2.31. The van der Waals surface area contributed by atoms with Crippen molar-refractivity contribution in [3.05, 3.63) is 0 Å². The minimum Gasteiger partial charge on any atom is -0.319 e. The van der Waals surface area contributed by atoms with Crippen molar-refractivity contribution in [2.75, 3.05) is 25.1 Å². The van der Waals surface area contributed by atoms with Crippen molar-refractivity contribution in [3.8, 4) is 0 Å². The number of hydrogen-bond donors (Lipinski definition) is 1. The van der Waals surface area contributed by atoms with Crippen molar-refractivity contribution in [1.82, 2.24) is 5.32 Å². The molecule has 1 N–H and O–H groups in total. The molecular formula is C12H27NS. The molecule has 0 saturated carbocycles. The van der Waals surface area contributed by atoms with Crippen molar-refractivity contribution in [3.63, 3.8) is 0 Å². The van der Waals surface area contributed by atoms with Gasteiger partial charge in [-0.3, -0.25) is 0 Å². The second kappa shape index (κ2) is 8.60. The molecule has 1 nitrogen and oxygen atoms in total. The summed E-state index contributed by atoms with van der Waals surface area (Å²) in [6.45, 7) is 8.07. The zero-order chi connectivity index (χ0) is 10.9. The normalized spacial score (nSPS) is 12.0. The molecule has 0 bridgehead atoms. The topological polar surface area (TPSA) is 12.0 Å². The van der Waals surface area contributed by atoms with Gasteiger partial charge < -0.3 is 5.32 Å². The maximum Gasteiger partial charge on any atom is 0.000460 e. The summed E-state index contributed by atoms with van der Waals surface area (Å²) in [5, 5.41) is 3.34. The van der Waals surface area contributed by atoms with E-state index >= 15 is 0 Å². The molecule has 0 aromatic rings. The average Bonchev–Trinajstić information content (AvgIpc) is 2.23. The highest BCUT2D eigenvalue weighted by molar-refractivity contribution is 7.99. The molecular weight excluding hydrogens is 190 g/mol. The number of thioether (sulfide) groups is 1. The van der Waals surface area contributed by atoms with Crippen LogP contribution < -0.4 is 5.32 Å². The lowest BCUT2D eigenvalue weighted by Crippen LogP contribution is -2.31. The minimum atomic E-state index is 0.559. The first kappa shape index (κ1) is 14.3. The summed E-state index contributed by atoms with van der Waals surface area (Å²) in [6, 6.07) is 0. The molecule has 0 amide bonds. The van der Waals surface area contributed by atoms with E-state index in [-0.39, 0.29) is 0 Å². The molecule has 0 aromatic heterocycles. The van der Waals surface area contributed by atoms with Crippen LogP contribution >= 0.6 is 11.8 Å². The highest BCUT2D eigenvalue weighted by atomic mass is 32.2. The van der Waals surface area contributed by atoms with E-state index in [4.69, 9.17) is 0 Å². The second-order valence-electron chi connectivity index (χ2n) is 4.04. The molecule has 0 aliphatic heterocycles. The second-order valence-corrected chi connectivity index (χ2v) is 5.43. The Hall–Kier alpha value is 0.310. The fourth-order valence-electron chi connectivity index (χ4n) is 2.01. The Labute approximate surface area is 94.4 Å². The summed E-state index contributed by atoms with van der Waals surface area (Å²) in [5.74, 6) is 2.60. The third-order valence-electron chi connectivity index (χ3n) is 3.25. The van der Waals surface area contributed by atoms with Crippen LogP contribution in [0.2, 0.25) is 0 Å². The zero-order valence-electron chi connectivity index (χ0n) is 10.4. The molecule has 0 atom stereocenters. The largest absolute Gasteiger partial charge is 0.319 e. The van der Waals surface area contributed by atoms with Crippen LogP contribution in [0.1, 0.15) is 46.5 Å². The Morgan fingerprint density at radius 1 is 1.14 bits per heavy atom. The predicted octanol–water partition coefficient (Wildman–Crippen LogP) is 3.55. The van der Waals surface area contributed by atoms with E-state index in [1.807, 2.05) is 0 Å². The molecule has 0 fully saturated rings. The monoisotopic (exact) mass is 217 g/mol. The zero-order valence-corrected chi connectivity index (χ0v) is 11.2. The Bertz CT molecular complexity index is 121. The van der Waals surface area contributed by atoms with Crippen LogP contribution in [0.4, 0.5) is 0 Å². The average molecular weight is 217 g/mol. The van der Waals surface area contributed by atoms with Crippen LogP contribution in [0.25, 0.3) is 0 Å². The van der Waals surface area contributed by atoms with Crippen molar-refractivity contribution >= 4 is 11.8 Å². The Kier molecular flexibility index (Phi) is 8.80. The van der Waals surface area contributed by atoms with Crippen molar-refractivity contribution < 1.29 is 0 Å². The first-order chi connectivity index (χ1) is 6.74. The molecule has 0 spiro atoms. The van der Waals surface area contributed by atoms with Crippen molar-refractivity contribution in [2.24, 2.45) is 5.41 Å². The van der Waals surface area contributed by atoms with Gasteiger partial charge in [-0.15, -0.1) is 0 Å². The fourth-order valence-corrected chi connectivity index (χ4v) is 2.65. The summed E-state index contributed by atoms with van der Waals surface area (Å²) in [6.07, 6.45) is 5.37. The highest BCUT2D eigenvalue weighted by Gasteiger charge is 2.24. The number of hydrogen-bond acceptors (Lipinski definition) is 2. The lowest BCUT2D eigenvalue weighted by atomic mass is 9.78. The first-order valence-corrected chi connectivity index (χ1v) is 7.12. The van der Waals surface area contributed by atoms with Crippen LogP contribution in [0.15, 0.2) is 0 Å². The molecule has 0 rings (SSSR count). The predicted molar refractivity (Wildman–Crippen MR) is 69.2 cm³/mol. The molecule has 0 radical (unpaired) electrons. The maximum absolute atomic E-state index is 3.34. The van der Waals surface area contributed by atoms with Gasteiger partial charge >= 0.3 is 0 Å². The van der Waals surface area contributed by atoms with E-state index < -0.39 is 0 Å². The van der Waals surface area contributed by atoms with Gasteiger partial charge in [-0.2, -0.15) is 11.8 Å². The molecule has 0 aliphatic rings. The third kappa shape index (κ3) is 5.26. The van der Waals surface area contributed by atoms with E-state index in [0.29, 0.717) is 5.41 Å². The molecule has 0 aliphatic carbocycles. The van der Waals surface area contributed by atoms with Gasteiger partial charge in [-0.25, -0.2) is 0 Å². The molecule has 86 valence electrons. The fraction of sp³-hybridized carbons (Fsp3) is 1.00. The Morgan fingerprint density at radius 2 is 1.79 bits per heavy atom. The summed E-state index contributed by atoms with van der Waals surface area (Å²) in [4.78, 5) is 0. The molecule has 0 unspecified atom stereocenters. The Balaban J connectivity index is 3.82. The maximum atomic E-state index is 3.34. The molecule has 0 aromatic carbocycles. The number of rotatable bonds is 9. The molecule has 0 heterocycles. The van der Waals surface area contributed by atoms with Gasteiger partial charge in [0.1, 0.15) is 0 Å². The van der Waals surface area contributed by atoms with Crippen molar-refractivity contribution in [1.29, 1.82) is 0 Å². The van der Waals surface area contributed by atoms with Gasteiger partial charge in [-0.1, -0.05) is 20.8 Å². The third-order valence-corrected chi connectivity index (χ3v) is 4.24. The van der Waals surface area contributed by atoms with Gasteiger partial charge in [0.25, 0.3) is 0 Å². The lowest BCUT2D eigenvalue weighted by Gasteiger charge is -2.31. The SMILES string of the molecule is CCSCCCC(CC)(CC)CNC. The van der Waals surface area contributed by atoms with Crippen LogP contribution in [0.3, 0.4) is 0 Å². The summed E-state index contributed by atoms with van der Waals surface area (Å²) >= 11 is 2.07. The lowest BCUT2D eigenvalue weighted by molar-refractivity contribution is 0.232. The van der Waals surface area contributed by atoms with Crippen LogP contribution in [-0.2, 0) is 0 Å². The van der Waals surface area contributed by atoms with Crippen molar-refractivity contribution in [2.45, 2.75) is 46.5 Å². The standard InChI is InChI=1S/C12H27NS/c1-5-12(6-2,11-13-4)9-8-10-14-7-3/h13H,5-11H2,1-4H3. The van der Waals surface area contributed by atoms with E-state index in [0.717, 1.165) is 0 Å². The minimum absolute atomic E-state index is 0.559. The van der Waals surface area contributed by atoms with Gasteiger partial charge in [0.2, 0.25) is 0 Å². The summed E-state index contributed by atoms with van der Waals surface area (Å²) in [5.41, 5.74) is 0.559. The number of nitrogens with one attached hydrogen (secondary N) is 1. The smallest absolute Gasteiger partial charge is 0.000460 e. The van der Waals surface area contributed by atoms with Crippen LogP contribution in [0.5, 0.6) is 0 Å². The quantitative estimate of drug-likeness (QED) is 0.593. The molecule has 2 heteroatoms.